The molecule has 8 nitrogen and oxygen atoms in total. The van der Waals surface area contributed by atoms with Gasteiger partial charge in [0.25, 0.3) is 0 Å². The van der Waals surface area contributed by atoms with Crippen LogP contribution in [-0.2, 0) is 7.05 Å². The molecular formula is C18H24ClN5O3. The van der Waals surface area contributed by atoms with Gasteiger partial charge in [0.15, 0.2) is 5.82 Å². The van der Waals surface area contributed by atoms with Gasteiger partial charge in [-0.3, -0.25) is 4.68 Å². The number of nitrogens with one attached hydrogen (secondary N) is 1. The first-order chi connectivity index (χ1) is 12.8. The van der Waals surface area contributed by atoms with Crippen molar-refractivity contribution in [2.75, 3.05) is 32.6 Å². The second-order valence-electron chi connectivity index (χ2n) is 6.83. The zero-order valence-electron chi connectivity index (χ0n) is 16.1. The summed E-state index contributed by atoms with van der Waals surface area (Å²) < 4.78 is 12.3. The van der Waals surface area contributed by atoms with Crippen molar-refractivity contribution >= 4 is 23.3 Å². The van der Waals surface area contributed by atoms with Crippen molar-refractivity contribution in [3.8, 4) is 11.5 Å². The van der Waals surface area contributed by atoms with Gasteiger partial charge in [0, 0.05) is 32.1 Å². The lowest BCUT2D eigenvalue weighted by Gasteiger charge is -2.38. The molecule has 2 heterocycles. The molecule has 3 rings (SSSR count). The summed E-state index contributed by atoms with van der Waals surface area (Å²) >= 11 is 6.15. The monoisotopic (exact) mass is 393 g/mol. The number of anilines is 1. The second-order valence-corrected chi connectivity index (χ2v) is 7.23. The maximum absolute atomic E-state index is 12.5. The Balaban J connectivity index is 1.65. The number of likely N-dealkylation sites (tertiary alicyclic amines) is 1. The highest BCUT2D eigenvalue weighted by Crippen LogP contribution is 2.36. The van der Waals surface area contributed by atoms with Gasteiger partial charge < -0.3 is 19.7 Å². The molecule has 0 spiro atoms. The molecule has 1 aliphatic rings. The topological polar surface area (TPSA) is 81.5 Å². The van der Waals surface area contributed by atoms with E-state index < -0.39 is 0 Å². The van der Waals surface area contributed by atoms with Crippen LogP contribution < -0.4 is 14.8 Å². The van der Waals surface area contributed by atoms with Crippen molar-refractivity contribution in [3.05, 3.63) is 28.8 Å². The van der Waals surface area contributed by atoms with Crippen molar-refractivity contribution in [1.29, 1.82) is 0 Å². The van der Waals surface area contributed by atoms with Gasteiger partial charge in [-0.05, 0) is 6.07 Å². The number of aryl methyl sites for hydroxylation is 1. The van der Waals surface area contributed by atoms with E-state index in [9.17, 15) is 4.79 Å². The predicted octanol–water partition coefficient (Wildman–Crippen LogP) is 3.24. The summed E-state index contributed by atoms with van der Waals surface area (Å²) in [5, 5.41) is 7.69. The lowest BCUT2D eigenvalue weighted by atomic mass is 10.00. The standard InChI is InChI=1S/C18H24ClN5O3/c1-10(2)16-21-17(23(3)22-16)11-8-24(9-11)18(25)20-13-6-12(19)14(26-4)7-15(13)27-5/h6-7,10-11H,8-9H2,1-5H3,(H,20,25). The molecule has 0 aliphatic carbocycles. The van der Waals surface area contributed by atoms with Crippen LogP contribution in [0.25, 0.3) is 0 Å². The van der Waals surface area contributed by atoms with Gasteiger partial charge in [-0.25, -0.2) is 9.78 Å². The first kappa shape index (κ1) is 19.3. The van der Waals surface area contributed by atoms with E-state index in [0.717, 1.165) is 11.6 Å². The number of methoxy groups -OCH3 is 2. The number of amides is 2. The summed E-state index contributed by atoms with van der Waals surface area (Å²) in [7, 11) is 4.94. The normalized spacial score (nSPS) is 14.3. The highest BCUT2D eigenvalue weighted by atomic mass is 35.5. The number of carbonyl (C=O) groups is 1. The number of benzene rings is 1. The third kappa shape index (κ3) is 3.80. The molecule has 0 radical (unpaired) electrons. The minimum Gasteiger partial charge on any atom is -0.495 e. The Hall–Kier alpha value is -2.48. The summed E-state index contributed by atoms with van der Waals surface area (Å²) in [6, 6.07) is 3.05. The summed E-state index contributed by atoms with van der Waals surface area (Å²) in [4.78, 5) is 18.9. The van der Waals surface area contributed by atoms with E-state index >= 15 is 0 Å². The van der Waals surface area contributed by atoms with Gasteiger partial charge in [0.2, 0.25) is 0 Å². The molecule has 9 heteroatoms. The Bertz CT molecular complexity index is 846. The van der Waals surface area contributed by atoms with Crippen molar-refractivity contribution in [3.63, 3.8) is 0 Å². The molecule has 1 N–H and O–H groups in total. The number of hydrogen-bond acceptors (Lipinski definition) is 5. The Morgan fingerprint density at radius 2 is 1.93 bits per heavy atom. The smallest absolute Gasteiger partial charge is 0.321 e. The average Bonchev–Trinajstić information content (AvgIpc) is 2.96. The summed E-state index contributed by atoms with van der Waals surface area (Å²) in [6.07, 6.45) is 0. The van der Waals surface area contributed by atoms with E-state index in [1.165, 1.54) is 14.2 Å². The molecule has 1 aromatic heterocycles. The lowest BCUT2D eigenvalue weighted by Crippen LogP contribution is -2.51. The Labute approximate surface area is 163 Å². The fraction of sp³-hybridized carbons (Fsp3) is 0.500. The molecular weight excluding hydrogens is 370 g/mol. The third-order valence-corrected chi connectivity index (χ3v) is 4.87. The number of nitrogens with zero attached hydrogens (tertiary/aromatic N) is 4. The van der Waals surface area contributed by atoms with Gasteiger partial charge in [-0.2, -0.15) is 5.10 Å². The van der Waals surface area contributed by atoms with Crippen LogP contribution in [0.15, 0.2) is 12.1 Å². The van der Waals surface area contributed by atoms with E-state index in [1.54, 1.807) is 17.0 Å². The number of hydrogen-bond donors (Lipinski definition) is 1. The van der Waals surface area contributed by atoms with E-state index in [1.807, 2.05) is 11.7 Å². The highest BCUT2D eigenvalue weighted by molar-refractivity contribution is 6.32. The highest BCUT2D eigenvalue weighted by Gasteiger charge is 2.35. The zero-order chi connectivity index (χ0) is 19.7. The quantitative estimate of drug-likeness (QED) is 0.843. The fourth-order valence-corrected chi connectivity index (χ4v) is 3.22. The molecule has 0 unspecified atom stereocenters. The number of aromatic nitrogens is 3. The fourth-order valence-electron chi connectivity index (χ4n) is 2.98. The molecule has 146 valence electrons. The summed E-state index contributed by atoms with van der Waals surface area (Å²) in [5.74, 6) is 3.16. The van der Waals surface area contributed by atoms with Crippen LogP contribution in [0.1, 0.15) is 37.3 Å². The molecule has 0 saturated carbocycles. The zero-order valence-corrected chi connectivity index (χ0v) is 16.9. The second kappa shape index (κ2) is 7.64. The van der Waals surface area contributed by atoms with Gasteiger partial charge in [-0.15, -0.1) is 0 Å². The molecule has 1 aliphatic heterocycles. The van der Waals surface area contributed by atoms with Gasteiger partial charge >= 0.3 is 6.03 Å². The molecule has 1 fully saturated rings. The first-order valence-electron chi connectivity index (χ1n) is 8.72. The van der Waals surface area contributed by atoms with Crippen molar-refractivity contribution in [2.24, 2.45) is 7.05 Å². The molecule has 1 saturated heterocycles. The molecule has 27 heavy (non-hydrogen) atoms. The Kier molecular flexibility index (Phi) is 5.46. The van der Waals surface area contributed by atoms with Crippen LogP contribution in [0.3, 0.4) is 0 Å². The van der Waals surface area contributed by atoms with E-state index in [-0.39, 0.29) is 17.9 Å². The van der Waals surface area contributed by atoms with Crippen LogP contribution in [0.4, 0.5) is 10.5 Å². The number of urea groups is 1. The summed E-state index contributed by atoms with van der Waals surface area (Å²) in [5.41, 5.74) is 0.498. The van der Waals surface area contributed by atoms with Crippen molar-refractivity contribution in [1.82, 2.24) is 19.7 Å². The van der Waals surface area contributed by atoms with Crippen LogP contribution in [-0.4, -0.2) is 53.0 Å². The number of halogens is 1. The SMILES string of the molecule is COc1cc(OC)c(NC(=O)N2CC(c3nc(C(C)C)nn3C)C2)cc1Cl. The van der Waals surface area contributed by atoms with Crippen LogP contribution >= 0.6 is 11.6 Å². The van der Waals surface area contributed by atoms with Crippen LogP contribution in [0, 0.1) is 0 Å². The first-order valence-corrected chi connectivity index (χ1v) is 9.10. The molecule has 1 aromatic carbocycles. The maximum atomic E-state index is 12.5. The number of rotatable bonds is 5. The van der Waals surface area contributed by atoms with E-state index in [0.29, 0.717) is 35.3 Å². The van der Waals surface area contributed by atoms with Gasteiger partial charge in [-0.1, -0.05) is 25.4 Å². The van der Waals surface area contributed by atoms with E-state index in [2.05, 4.69) is 29.2 Å². The van der Waals surface area contributed by atoms with Crippen LogP contribution in [0.5, 0.6) is 11.5 Å². The molecule has 0 bridgehead atoms. The lowest BCUT2D eigenvalue weighted by molar-refractivity contribution is 0.159. The minimum atomic E-state index is -0.211. The van der Waals surface area contributed by atoms with Gasteiger partial charge in [0.05, 0.1) is 30.8 Å². The predicted molar refractivity (Wildman–Crippen MR) is 103 cm³/mol. The molecule has 2 amide bonds. The van der Waals surface area contributed by atoms with Crippen molar-refractivity contribution < 1.29 is 14.3 Å². The van der Waals surface area contributed by atoms with Crippen molar-refractivity contribution in [2.45, 2.75) is 25.7 Å². The van der Waals surface area contributed by atoms with Gasteiger partial charge in [0.1, 0.15) is 17.3 Å². The van der Waals surface area contributed by atoms with E-state index in [4.69, 9.17) is 21.1 Å². The molecule has 2 aromatic rings. The Morgan fingerprint density at radius 3 is 2.48 bits per heavy atom. The van der Waals surface area contributed by atoms with Crippen LogP contribution in [0.2, 0.25) is 5.02 Å². The summed E-state index contributed by atoms with van der Waals surface area (Å²) in [6.45, 7) is 5.30. The Morgan fingerprint density at radius 1 is 1.26 bits per heavy atom. The third-order valence-electron chi connectivity index (χ3n) is 4.58. The molecule has 0 atom stereocenters. The largest absolute Gasteiger partial charge is 0.495 e. The average molecular weight is 394 g/mol. The number of ether oxygens (including phenoxy) is 2. The number of carbonyl (C=O) groups excluding carboxylic acids is 1. The maximum Gasteiger partial charge on any atom is 0.321 e. The minimum absolute atomic E-state index is 0.183.